The summed E-state index contributed by atoms with van der Waals surface area (Å²) < 4.78 is 12.4. The molecule has 0 saturated carbocycles. The van der Waals surface area contributed by atoms with E-state index >= 15 is 0 Å². The highest BCUT2D eigenvalue weighted by Gasteiger charge is 2.23. The quantitative estimate of drug-likeness (QED) is 0.159. The van der Waals surface area contributed by atoms with Crippen LogP contribution in [0.1, 0.15) is 0 Å². The van der Waals surface area contributed by atoms with E-state index in [0.29, 0.717) is 0 Å². The Morgan fingerprint density at radius 1 is 0.281 bits per heavy atom. The minimum atomic E-state index is 0.843. The third-order valence-electron chi connectivity index (χ3n) is 12.7. The van der Waals surface area contributed by atoms with Gasteiger partial charge in [-0.25, -0.2) is 0 Å². The summed E-state index contributed by atoms with van der Waals surface area (Å²) >= 11 is 3.71. The average Bonchev–Trinajstić information content (AvgIpc) is 4.06. The summed E-state index contributed by atoms with van der Waals surface area (Å²) in [6.07, 6.45) is 0. The topological polar surface area (TPSA) is 16.4 Å². The summed E-state index contributed by atoms with van der Waals surface area (Å²) in [5, 5.41) is 7.39. The van der Waals surface area contributed by atoms with E-state index in [4.69, 9.17) is 4.42 Å². The summed E-state index contributed by atoms with van der Waals surface area (Å²) in [6.45, 7) is 0. The maximum atomic E-state index is 7.17. The van der Waals surface area contributed by atoms with Crippen LogP contribution in [0.15, 0.2) is 229 Å². The molecular formula is C60H37NOS2. The predicted molar refractivity (Wildman–Crippen MR) is 276 cm³/mol. The summed E-state index contributed by atoms with van der Waals surface area (Å²) in [4.78, 5) is 2.37. The number of benzene rings is 10. The van der Waals surface area contributed by atoms with E-state index in [0.717, 1.165) is 61.3 Å². The Labute approximate surface area is 378 Å². The highest BCUT2D eigenvalue weighted by atomic mass is 32.1. The van der Waals surface area contributed by atoms with Crippen molar-refractivity contribution in [2.24, 2.45) is 0 Å². The molecule has 0 amide bonds. The van der Waals surface area contributed by atoms with Crippen LogP contribution in [0.5, 0.6) is 0 Å². The van der Waals surface area contributed by atoms with Crippen molar-refractivity contribution in [1.82, 2.24) is 0 Å². The Morgan fingerprint density at radius 2 is 0.734 bits per heavy atom. The first-order chi connectivity index (χ1) is 31.7. The fourth-order valence-electron chi connectivity index (χ4n) is 9.53. The maximum absolute atomic E-state index is 7.17. The minimum Gasteiger partial charge on any atom is -0.453 e. The predicted octanol–water partition coefficient (Wildman–Crippen LogP) is 18.5. The van der Waals surface area contributed by atoms with Gasteiger partial charge in [0.05, 0.1) is 5.69 Å². The van der Waals surface area contributed by atoms with Gasteiger partial charge >= 0.3 is 0 Å². The lowest BCUT2D eigenvalue weighted by molar-refractivity contribution is 0.670. The van der Waals surface area contributed by atoms with Gasteiger partial charge in [-0.2, -0.15) is 0 Å². The van der Waals surface area contributed by atoms with Gasteiger partial charge in [-0.05, 0) is 112 Å². The number of anilines is 3. The van der Waals surface area contributed by atoms with Gasteiger partial charge in [-0.3, -0.25) is 0 Å². The zero-order valence-corrected chi connectivity index (χ0v) is 36.2. The number of furan rings is 1. The highest BCUT2D eigenvalue weighted by molar-refractivity contribution is 7.26. The largest absolute Gasteiger partial charge is 0.453 e. The average molecular weight is 852 g/mol. The molecule has 0 aliphatic heterocycles. The van der Waals surface area contributed by atoms with Gasteiger partial charge in [0.2, 0.25) is 0 Å². The van der Waals surface area contributed by atoms with Gasteiger partial charge in [0.15, 0.2) is 5.58 Å². The zero-order chi connectivity index (χ0) is 42.1. The molecule has 0 unspecified atom stereocenters. The minimum absolute atomic E-state index is 0.843. The van der Waals surface area contributed by atoms with Crippen molar-refractivity contribution in [3.8, 4) is 44.5 Å². The van der Waals surface area contributed by atoms with Crippen LogP contribution in [-0.2, 0) is 0 Å². The molecule has 4 heteroatoms. The standard InChI is InChI=1S/C60H37NOS2/c1-3-12-38(13-4-1)44-36-53-50-19-11-18-47(41-14-5-2-6-15-41)59(50)62-60(53)54(37-44)61(45-28-22-39(23-29-45)42-26-32-57-51(34-42)48-16-7-9-20-55(48)63-57)46-30-24-40(25-31-46)43-27-33-58-52(35-43)49-17-8-10-21-56(49)64-58/h1-37H. The van der Waals surface area contributed by atoms with Crippen molar-refractivity contribution >= 4 is 102 Å². The fourth-order valence-corrected chi connectivity index (χ4v) is 11.7. The molecule has 13 rings (SSSR count). The lowest BCUT2D eigenvalue weighted by Crippen LogP contribution is -2.10. The molecule has 10 aromatic carbocycles. The van der Waals surface area contributed by atoms with Gasteiger partial charge < -0.3 is 9.32 Å². The molecule has 13 aromatic rings. The van der Waals surface area contributed by atoms with Crippen molar-refractivity contribution in [2.45, 2.75) is 0 Å². The molecule has 0 N–H and O–H groups in total. The second kappa shape index (κ2) is 15.0. The van der Waals surface area contributed by atoms with Crippen molar-refractivity contribution in [2.75, 3.05) is 4.90 Å². The molecule has 0 spiro atoms. The summed E-state index contributed by atoms with van der Waals surface area (Å²) in [7, 11) is 0. The SMILES string of the molecule is c1ccc(-c2cc(N(c3ccc(-c4ccc5sc6ccccc6c5c4)cc3)c3ccc(-c4ccc5sc6ccccc6c5c4)cc3)c3oc4c(-c5ccccc5)cccc4c3c2)cc1. The second-order valence-electron chi connectivity index (χ2n) is 16.4. The van der Waals surface area contributed by atoms with E-state index in [1.165, 1.54) is 62.6 Å². The van der Waals surface area contributed by atoms with Crippen molar-refractivity contribution in [3.05, 3.63) is 224 Å². The van der Waals surface area contributed by atoms with Crippen LogP contribution in [-0.4, -0.2) is 0 Å². The van der Waals surface area contributed by atoms with Crippen LogP contribution < -0.4 is 4.90 Å². The van der Waals surface area contributed by atoms with Crippen molar-refractivity contribution in [1.29, 1.82) is 0 Å². The number of hydrogen-bond donors (Lipinski definition) is 0. The molecule has 0 atom stereocenters. The van der Waals surface area contributed by atoms with E-state index in [2.05, 4.69) is 229 Å². The van der Waals surface area contributed by atoms with Crippen LogP contribution in [0.3, 0.4) is 0 Å². The van der Waals surface area contributed by atoms with Gasteiger partial charge in [0, 0.05) is 68.1 Å². The second-order valence-corrected chi connectivity index (χ2v) is 18.6. The van der Waals surface area contributed by atoms with Crippen molar-refractivity contribution < 1.29 is 4.42 Å². The smallest absolute Gasteiger partial charge is 0.159 e. The summed E-state index contributed by atoms with van der Waals surface area (Å²) in [6, 6.07) is 81.6. The molecule has 0 aliphatic rings. The number of thiophene rings is 2. The molecule has 0 fully saturated rings. The first-order valence-corrected chi connectivity index (χ1v) is 23.3. The number of hydrogen-bond acceptors (Lipinski definition) is 4. The lowest BCUT2D eigenvalue weighted by Gasteiger charge is -2.26. The highest BCUT2D eigenvalue weighted by Crippen LogP contribution is 2.47. The molecule has 3 heterocycles. The number of para-hydroxylation sites is 1. The number of nitrogens with zero attached hydrogens (tertiary/aromatic N) is 1. The lowest BCUT2D eigenvalue weighted by atomic mass is 9.98. The zero-order valence-electron chi connectivity index (χ0n) is 34.5. The van der Waals surface area contributed by atoms with Gasteiger partial charge in [-0.15, -0.1) is 22.7 Å². The monoisotopic (exact) mass is 851 g/mol. The first kappa shape index (κ1) is 36.9. The maximum Gasteiger partial charge on any atom is 0.159 e. The third kappa shape index (κ3) is 6.14. The molecule has 64 heavy (non-hydrogen) atoms. The summed E-state index contributed by atoms with van der Waals surface area (Å²) in [5.41, 5.74) is 14.0. The molecule has 0 saturated heterocycles. The molecule has 2 nitrogen and oxygen atoms in total. The van der Waals surface area contributed by atoms with E-state index < -0.39 is 0 Å². The Kier molecular flexibility index (Phi) is 8.61. The Hall–Kier alpha value is -7.76. The molecule has 0 radical (unpaired) electrons. The Bertz CT molecular complexity index is 3720. The molecule has 300 valence electrons. The van der Waals surface area contributed by atoms with Crippen molar-refractivity contribution in [3.63, 3.8) is 0 Å². The van der Waals surface area contributed by atoms with E-state index in [1.807, 2.05) is 22.7 Å². The Balaban J connectivity index is 1.00. The molecule has 3 aromatic heterocycles. The third-order valence-corrected chi connectivity index (χ3v) is 15.0. The van der Waals surface area contributed by atoms with Crippen LogP contribution in [0.25, 0.3) is 107 Å². The molecule has 0 bridgehead atoms. The number of rotatable bonds is 7. The van der Waals surface area contributed by atoms with Gasteiger partial charge in [0.1, 0.15) is 5.58 Å². The van der Waals surface area contributed by atoms with Crippen LogP contribution >= 0.6 is 22.7 Å². The van der Waals surface area contributed by atoms with Gasteiger partial charge in [-0.1, -0.05) is 152 Å². The number of fused-ring (bicyclic) bond motifs is 9. The van der Waals surface area contributed by atoms with Crippen LogP contribution in [0.2, 0.25) is 0 Å². The Morgan fingerprint density at radius 3 is 1.31 bits per heavy atom. The normalized spacial score (nSPS) is 11.8. The van der Waals surface area contributed by atoms with E-state index in [9.17, 15) is 0 Å². The molecular weight excluding hydrogens is 815 g/mol. The van der Waals surface area contributed by atoms with E-state index in [-0.39, 0.29) is 0 Å². The summed E-state index contributed by atoms with van der Waals surface area (Å²) in [5.74, 6) is 0. The fraction of sp³-hybridized carbons (Fsp3) is 0. The van der Waals surface area contributed by atoms with Gasteiger partial charge in [0.25, 0.3) is 0 Å². The van der Waals surface area contributed by atoms with E-state index in [1.54, 1.807) is 0 Å². The molecule has 0 aliphatic carbocycles. The van der Waals surface area contributed by atoms with Crippen LogP contribution in [0.4, 0.5) is 17.1 Å². The first-order valence-electron chi connectivity index (χ1n) is 21.6. The van der Waals surface area contributed by atoms with Crippen LogP contribution in [0, 0.1) is 0 Å².